The van der Waals surface area contributed by atoms with Crippen LogP contribution >= 0.6 is 0 Å². The number of nitrogens with zero attached hydrogens (tertiary/aromatic N) is 3. The highest BCUT2D eigenvalue weighted by molar-refractivity contribution is 5.87. The number of carbonyl (C=O) groups is 1. The molecule has 0 saturated heterocycles. The highest BCUT2D eigenvalue weighted by Crippen LogP contribution is 2.18. The van der Waals surface area contributed by atoms with E-state index in [0.717, 1.165) is 11.7 Å². The summed E-state index contributed by atoms with van der Waals surface area (Å²) in [4.78, 5) is 37.1. The average molecular weight is 268 g/mol. The summed E-state index contributed by atoms with van der Waals surface area (Å²) in [5.74, 6) is -1.03. The van der Waals surface area contributed by atoms with Crippen LogP contribution in [0.3, 0.4) is 0 Å². The maximum Gasteiger partial charge on any atom is 0.342 e. The zero-order valence-corrected chi connectivity index (χ0v) is 10.1. The minimum atomic E-state index is -1.31. The van der Waals surface area contributed by atoms with Crippen molar-refractivity contribution in [1.82, 2.24) is 19.9 Å². The lowest BCUT2D eigenvalue weighted by Gasteiger charge is -2.02. The van der Waals surface area contributed by atoms with Crippen molar-refractivity contribution in [2.45, 2.75) is 0 Å². The Morgan fingerprint density at radius 3 is 2.55 bits per heavy atom. The molecule has 7 heteroatoms. The lowest BCUT2D eigenvalue weighted by atomic mass is 10.2. The lowest BCUT2D eigenvalue weighted by molar-refractivity contribution is 0.0694. The maximum atomic E-state index is 11.6. The van der Waals surface area contributed by atoms with Gasteiger partial charge < -0.3 is 10.1 Å². The highest BCUT2D eigenvalue weighted by atomic mass is 16.4. The molecule has 0 amide bonds. The van der Waals surface area contributed by atoms with Crippen molar-refractivity contribution < 1.29 is 9.90 Å². The number of aromatic carboxylic acids is 1. The fourth-order valence-corrected chi connectivity index (χ4v) is 1.80. The number of hydrogen-bond acceptors (Lipinski definition) is 5. The summed E-state index contributed by atoms with van der Waals surface area (Å²) in [5, 5.41) is 8.79. The molecule has 1 aromatic carbocycles. The molecule has 20 heavy (non-hydrogen) atoms. The van der Waals surface area contributed by atoms with Crippen molar-refractivity contribution in [2.24, 2.45) is 0 Å². The summed E-state index contributed by atoms with van der Waals surface area (Å²) in [6, 6.07) is 5.21. The van der Waals surface area contributed by atoms with Crippen molar-refractivity contribution in [3.63, 3.8) is 0 Å². The Kier molecular flexibility index (Phi) is 2.72. The number of carboxylic acid groups (broad SMARTS) is 1. The molecule has 0 aliphatic carbocycles. The standard InChI is InChI=1S/C13H8N4O3/c18-12-8(13(19)20)6-16-11(17-12)7-1-2-9-10(5-7)15-4-3-14-9/h1-6H,(H,19,20)(H,16,17,18). The number of carboxylic acids is 1. The second-order valence-corrected chi connectivity index (χ2v) is 4.04. The Labute approximate surface area is 112 Å². The van der Waals surface area contributed by atoms with Crippen LogP contribution in [0.2, 0.25) is 0 Å². The van der Waals surface area contributed by atoms with Crippen molar-refractivity contribution in [3.05, 3.63) is 52.7 Å². The number of benzene rings is 1. The molecule has 2 heterocycles. The van der Waals surface area contributed by atoms with E-state index >= 15 is 0 Å². The molecular formula is C13H8N4O3. The zero-order valence-electron chi connectivity index (χ0n) is 10.1. The van der Waals surface area contributed by atoms with Crippen molar-refractivity contribution in [2.75, 3.05) is 0 Å². The van der Waals surface area contributed by atoms with Gasteiger partial charge in [-0.3, -0.25) is 14.8 Å². The first-order chi connectivity index (χ1) is 9.65. The Balaban J connectivity index is 2.13. The first-order valence-electron chi connectivity index (χ1n) is 5.69. The predicted molar refractivity (Wildman–Crippen MR) is 70.3 cm³/mol. The van der Waals surface area contributed by atoms with Gasteiger partial charge in [0, 0.05) is 24.2 Å². The molecule has 0 fully saturated rings. The Morgan fingerprint density at radius 1 is 1.10 bits per heavy atom. The normalized spacial score (nSPS) is 10.6. The van der Waals surface area contributed by atoms with Gasteiger partial charge in [-0.1, -0.05) is 0 Å². The number of hydrogen-bond donors (Lipinski definition) is 2. The zero-order chi connectivity index (χ0) is 14.1. The highest BCUT2D eigenvalue weighted by Gasteiger charge is 2.11. The van der Waals surface area contributed by atoms with E-state index in [9.17, 15) is 9.59 Å². The first kappa shape index (κ1) is 12.0. The van der Waals surface area contributed by atoms with E-state index < -0.39 is 17.1 Å². The fourth-order valence-electron chi connectivity index (χ4n) is 1.80. The lowest BCUT2D eigenvalue weighted by Crippen LogP contribution is -2.18. The summed E-state index contributed by atoms with van der Waals surface area (Å²) >= 11 is 0. The Morgan fingerprint density at radius 2 is 1.85 bits per heavy atom. The van der Waals surface area contributed by atoms with E-state index in [2.05, 4.69) is 19.9 Å². The van der Waals surface area contributed by atoms with Crippen LogP contribution in [0.4, 0.5) is 0 Å². The van der Waals surface area contributed by atoms with Gasteiger partial charge in [-0.15, -0.1) is 0 Å². The van der Waals surface area contributed by atoms with Crippen molar-refractivity contribution in [1.29, 1.82) is 0 Å². The van der Waals surface area contributed by atoms with Gasteiger partial charge in [0.1, 0.15) is 11.4 Å². The number of aromatic nitrogens is 4. The van der Waals surface area contributed by atoms with Crippen LogP contribution < -0.4 is 5.56 Å². The molecule has 0 aliphatic heterocycles. The van der Waals surface area contributed by atoms with Gasteiger partial charge in [0.25, 0.3) is 5.56 Å². The van der Waals surface area contributed by atoms with Crippen LogP contribution in [0.15, 0.2) is 41.6 Å². The fraction of sp³-hybridized carbons (Fsp3) is 0. The molecule has 2 N–H and O–H groups in total. The van der Waals surface area contributed by atoms with E-state index in [4.69, 9.17) is 5.11 Å². The van der Waals surface area contributed by atoms with Gasteiger partial charge in [-0.25, -0.2) is 9.78 Å². The molecule has 3 rings (SSSR count). The average Bonchev–Trinajstić information content (AvgIpc) is 2.46. The van der Waals surface area contributed by atoms with Crippen LogP contribution in [0.5, 0.6) is 0 Å². The summed E-state index contributed by atoms with van der Waals surface area (Å²) < 4.78 is 0. The number of aromatic amines is 1. The molecule has 0 unspecified atom stereocenters. The second-order valence-electron chi connectivity index (χ2n) is 4.04. The second kappa shape index (κ2) is 4.54. The third-order valence-electron chi connectivity index (χ3n) is 2.77. The van der Waals surface area contributed by atoms with Gasteiger partial charge >= 0.3 is 5.97 Å². The van der Waals surface area contributed by atoms with E-state index in [1.807, 2.05) is 0 Å². The molecule has 0 radical (unpaired) electrons. The van der Waals surface area contributed by atoms with Gasteiger partial charge in [0.15, 0.2) is 0 Å². The maximum absolute atomic E-state index is 11.6. The van der Waals surface area contributed by atoms with Gasteiger partial charge in [0.2, 0.25) is 0 Å². The molecule has 3 aromatic rings. The molecule has 0 bridgehead atoms. The smallest absolute Gasteiger partial charge is 0.342 e. The number of rotatable bonds is 2. The van der Waals surface area contributed by atoms with Crippen LogP contribution in [0.1, 0.15) is 10.4 Å². The van der Waals surface area contributed by atoms with Gasteiger partial charge in [-0.2, -0.15) is 0 Å². The largest absolute Gasteiger partial charge is 0.477 e. The monoisotopic (exact) mass is 268 g/mol. The van der Waals surface area contributed by atoms with Crippen molar-refractivity contribution >= 4 is 17.0 Å². The predicted octanol–water partition coefficient (Wildman–Crippen LogP) is 1.08. The van der Waals surface area contributed by atoms with E-state index in [1.165, 1.54) is 0 Å². The van der Waals surface area contributed by atoms with Crippen LogP contribution in [-0.2, 0) is 0 Å². The van der Waals surface area contributed by atoms with E-state index in [0.29, 0.717) is 11.1 Å². The number of nitrogens with one attached hydrogen (secondary N) is 1. The third kappa shape index (κ3) is 2.01. The van der Waals surface area contributed by atoms with Crippen molar-refractivity contribution in [3.8, 4) is 11.4 Å². The summed E-state index contributed by atoms with van der Waals surface area (Å²) in [6.07, 6.45) is 4.19. The minimum Gasteiger partial charge on any atom is -0.477 e. The molecule has 0 aliphatic rings. The molecule has 2 aromatic heterocycles. The minimum absolute atomic E-state index is 0.285. The Bertz CT molecular complexity index is 873. The SMILES string of the molecule is O=C(O)c1cnc(-c2ccc3nccnc3c2)[nH]c1=O. The topological polar surface area (TPSA) is 109 Å². The quantitative estimate of drug-likeness (QED) is 0.719. The van der Waals surface area contributed by atoms with Crippen LogP contribution in [-0.4, -0.2) is 31.0 Å². The first-order valence-corrected chi connectivity index (χ1v) is 5.69. The van der Waals surface area contributed by atoms with Crippen LogP contribution in [0, 0.1) is 0 Å². The van der Waals surface area contributed by atoms with Gasteiger partial charge in [-0.05, 0) is 18.2 Å². The number of H-pyrrole nitrogens is 1. The molecule has 98 valence electrons. The summed E-state index contributed by atoms with van der Waals surface area (Å²) in [7, 11) is 0. The van der Waals surface area contributed by atoms with Gasteiger partial charge in [0.05, 0.1) is 11.0 Å². The summed E-state index contributed by atoms with van der Waals surface area (Å²) in [6.45, 7) is 0. The molecule has 7 nitrogen and oxygen atoms in total. The Hall–Kier alpha value is -3.09. The number of fused-ring (bicyclic) bond motifs is 1. The van der Waals surface area contributed by atoms with E-state index in [1.54, 1.807) is 30.6 Å². The van der Waals surface area contributed by atoms with Crippen LogP contribution in [0.25, 0.3) is 22.4 Å². The summed E-state index contributed by atoms with van der Waals surface area (Å²) in [5.41, 5.74) is 0.929. The third-order valence-corrected chi connectivity index (χ3v) is 2.77. The van der Waals surface area contributed by atoms with E-state index in [-0.39, 0.29) is 5.82 Å². The molecule has 0 spiro atoms. The molecule has 0 saturated carbocycles. The molecule has 0 atom stereocenters. The molecular weight excluding hydrogens is 260 g/mol.